The second kappa shape index (κ2) is 6.14. The monoisotopic (exact) mass is 217 g/mol. The number of nitrogens with zero attached hydrogens (tertiary/aromatic N) is 2. The zero-order chi connectivity index (χ0) is 12.0. The zero-order valence-electron chi connectivity index (χ0n) is 9.98. The number of nitriles is 1. The van der Waals surface area contributed by atoms with Crippen LogP contribution in [0.5, 0.6) is 0 Å². The van der Waals surface area contributed by atoms with Crippen LogP contribution in [0, 0.1) is 11.3 Å². The minimum atomic E-state index is 0.0701. The van der Waals surface area contributed by atoms with Crippen LogP contribution in [-0.2, 0) is 0 Å². The number of hydrogen-bond donors (Lipinski definition) is 1. The van der Waals surface area contributed by atoms with Crippen molar-refractivity contribution in [3.8, 4) is 6.07 Å². The summed E-state index contributed by atoms with van der Waals surface area (Å²) in [6, 6.07) is 10.4. The van der Waals surface area contributed by atoms with E-state index >= 15 is 0 Å². The highest BCUT2D eigenvalue weighted by molar-refractivity contribution is 5.54. The van der Waals surface area contributed by atoms with Crippen molar-refractivity contribution in [3.63, 3.8) is 0 Å². The van der Waals surface area contributed by atoms with Crippen LogP contribution >= 0.6 is 0 Å². The Balaban J connectivity index is 2.90. The molecule has 0 heterocycles. The largest absolute Gasteiger partial charge is 0.373 e. The van der Waals surface area contributed by atoms with E-state index in [1.807, 2.05) is 19.2 Å². The molecule has 1 atom stereocenters. The number of anilines is 1. The average molecular weight is 217 g/mol. The highest BCUT2D eigenvalue weighted by Gasteiger charge is 2.11. The Morgan fingerprint density at radius 3 is 2.75 bits per heavy atom. The highest BCUT2D eigenvalue weighted by Crippen LogP contribution is 2.25. The molecule has 0 aliphatic rings. The minimum Gasteiger partial charge on any atom is -0.373 e. The average Bonchev–Trinajstić information content (AvgIpc) is 2.35. The van der Waals surface area contributed by atoms with Gasteiger partial charge in [0.1, 0.15) is 0 Å². The van der Waals surface area contributed by atoms with Gasteiger partial charge in [0.2, 0.25) is 0 Å². The third-order valence-electron chi connectivity index (χ3n) is 2.75. The van der Waals surface area contributed by atoms with E-state index in [0.29, 0.717) is 6.42 Å². The first-order valence-corrected chi connectivity index (χ1v) is 5.63. The summed E-state index contributed by atoms with van der Waals surface area (Å²) in [5, 5.41) is 8.59. The first kappa shape index (κ1) is 12.5. The van der Waals surface area contributed by atoms with Crippen LogP contribution < -0.4 is 10.6 Å². The lowest BCUT2D eigenvalue weighted by molar-refractivity contribution is 0.694. The van der Waals surface area contributed by atoms with Gasteiger partial charge < -0.3 is 10.6 Å². The minimum absolute atomic E-state index is 0.0701. The third kappa shape index (κ3) is 2.98. The molecule has 86 valence electrons. The number of benzene rings is 1. The van der Waals surface area contributed by atoms with Crippen LogP contribution in [0.4, 0.5) is 5.69 Å². The predicted octanol–water partition coefficient (Wildman–Crippen LogP) is 2.45. The summed E-state index contributed by atoms with van der Waals surface area (Å²) < 4.78 is 0. The fourth-order valence-electron chi connectivity index (χ4n) is 1.71. The summed E-state index contributed by atoms with van der Waals surface area (Å²) >= 11 is 0. The van der Waals surface area contributed by atoms with E-state index < -0.39 is 0 Å². The molecule has 3 heteroatoms. The first-order valence-electron chi connectivity index (χ1n) is 5.63. The van der Waals surface area contributed by atoms with Crippen molar-refractivity contribution in [3.05, 3.63) is 29.8 Å². The summed E-state index contributed by atoms with van der Waals surface area (Å²) in [5.41, 5.74) is 8.36. The van der Waals surface area contributed by atoms with Crippen molar-refractivity contribution in [2.45, 2.75) is 25.8 Å². The number of rotatable bonds is 5. The van der Waals surface area contributed by atoms with E-state index in [1.165, 1.54) is 0 Å². The summed E-state index contributed by atoms with van der Waals surface area (Å²) in [5.74, 6) is 0. The Kier molecular flexibility index (Phi) is 4.81. The van der Waals surface area contributed by atoms with Crippen LogP contribution in [0.1, 0.15) is 31.4 Å². The van der Waals surface area contributed by atoms with Gasteiger partial charge in [-0.05, 0) is 18.1 Å². The van der Waals surface area contributed by atoms with Gasteiger partial charge in [-0.25, -0.2) is 0 Å². The molecule has 1 rings (SSSR count). The second-order valence-electron chi connectivity index (χ2n) is 3.90. The van der Waals surface area contributed by atoms with Crippen LogP contribution in [0.15, 0.2) is 24.3 Å². The van der Waals surface area contributed by atoms with Crippen LogP contribution in [0.2, 0.25) is 0 Å². The van der Waals surface area contributed by atoms with Gasteiger partial charge >= 0.3 is 0 Å². The van der Waals surface area contributed by atoms with E-state index in [1.54, 1.807) is 0 Å². The summed E-state index contributed by atoms with van der Waals surface area (Å²) in [6.07, 6.45) is 1.45. The van der Waals surface area contributed by atoms with Crippen molar-refractivity contribution in [1.82, 2.24) is 0 Å². The first-order chi connectivity index (χ1) is 7.70. The van der Waals surface area contributed by atoms with E-state index in [0.717, 1.165) is 24.2 Å². The molecule has 0 saturated heterocycles. The topological polar surface area (TPSA) is 53.0 Å². The Morgan fingerprint density at radius 2 is 2.12 bits per heavy atom. The summed E-state index contributed by atoms with van der Waals surface area (Å²) in [6.45, 7) is 2.82. The molecule has 0 saturated carbocycles. The molecule has 0 unspecified atom stereocenters. The molecular formula is C13H19N3. The van der Waals surface area contributed by atoms with E-state index in [2.05, 4.69) is 30.0 Å². The molecule has 0 aliphatic heterocycles. The molecule has 0 spiro atoms. The van der Waals surface area contributed by atoms with Gasteiger partial charge in [0.05, 0.1) is 12.5 Å². The Morgan fingerprint density at radius 1 is 1.44 bits per heavy atom. The maximum atomic E-state index is 8.59. The molecule has 1 aromatic rings. The van der Waals surface area contributed by atoms with Gasteiger partial charge in [0, 0.05) is 25.3 Å². The molecule has 0 fully saturated rings. The maximum Gasteiger partial charge on any atom is 0.0640 e. The smallest absolute Gasteiger partial charge is 0.0640 e. The SMILES string of the molecule is CC[C@H](N)c1ccccc1N(C)CCC#N. The van der Waals surface area contributed by atoms with Gasteiger partial charge in [-0.3, -0.25) is 0 Å². The van der Waals surface area contributed by atoms with E-state index in [9.17, 15) is 0 Å². The molecule has 0 bridgehead atoms. The molecule has 0 aromatic heterocycles. The number of nitrogens with two attached hydrogens (primary N) is 1. The highest BCUT2D eigenvalue weighted by atomic mass is 15.1. The van der Waals surface area contributed by atoms with Crippen molar-refractivity contribution >= 4 is 5.69 Å². The normalized spacial score (nSPS) is 11.9. The van der Waals surface area contributed by atoms with Gasteiger partial charge in [-0.1, -0.05) is 25.1 Å². The standard InChI is InChI=1S/C13H19N3/c1-3-12(15)11-7-4-5-8-13(11)16(2)10-6-9-14/h4-5,7-8,12H,3,6,10,15H2,1-2H3/t12-/m0/s1. The summed E-state index contributed by atoms with van der Waals surface area (Å²) in [7, 11) is 2.00. The van der Waals surface area contributed by atoms with E-state index in [4.69, 9.17) is 11.0 Å². The molecule has 1 aromatic carbocycles. The van der Waals surface area contributed by atoms with Crippen molar-refractivity contribution in [1.29, 1.82) is 5.26 Å². The second-order valence-corrected chi connectivity index (χ2v) is 3.90. The Hall–Kier alpha value is -1.53. The molecule has 16 heavy (non-hydrogen) atoms. The maximum absolute atomic E-state index is 8.59. The number of hydrogen-bond acceptors (Lipinski definition) is 3. The van der Waals surface area contributed by atoms with Crippen LogP contribution in [0.25, 0.3) is 0 Å². The van der Waals surface area contributed by atoms with Gasteiger partial charge in [0.15, 0.2) is 0 Å². The van der Waals surface area contributed by atoms with Crippen LogP contribution in [-0.4, -0.2) is 13.6 Å². The van der Waals surface area contributed by atoms with Crippen molar-refractivity contribution in [2.24, 2.45) is 5.73 Å². The quantitative estimate of drug-likeness (QED) is 0.824. The van der Waals surface area contributed by atoms with Crippen molar-refractivity contribution in [2.75, 3.05) is 18.5 Å². The summed E-state index contributed by atoms with van der Waals surface area (Å²) in [4.78, 5) is 2.09. The van der Waals surface area contributed by atoms with Gasteiger partial charge in [-0.15, -0.1) is 0 Å². The van der Waals surface area contributed by atoms with Crippen LogP contribution in [0.3, 0.4) is 0 Å². The van der Waals surface area contributed by atoms with Crippen molar-refractivity contribution < 1.29 is 0 Å². The Bertz CT molecular complexity index is 368. The lowest BCUT2D eigenvalue weighted by atomic mass is 10.0. The fourth-order valence-corrected chi connectivity index (χ4v) is 1.71. The Labute approximate surface area is 97.5 Å². The molecular weight excluding hydrogens is 198 g/mol. The number of para-hydroxylation sites is 1. The lowest BCUT2D eigenvalue weighted by Gasteiger charge is -2.23. The fraction of sp³-hybridized carbons (Fsp3) is 0.462. The molecule has 3 nitrogen and oxygen atoms in total. The predicted molar refractivity (Wildman–Crippen MR) is 67.2 cm³/mol. The molecule has 2 N–H and O–H groups in total. The zero-order valence-corrected chi connectivity index (χ0v) is 9.98. The molecule has 0 radical (unpaired) electrons. The van der Waals surface area contributed by atoms with E-state index in [-0.39, 0.29) is 6.04 Å². The lowest BCUT2D eigenvalue weighted by Crippen LogP contribution is -2.22. The molecule has 0 aliphatic carbocycles. The van der Waals surface area contributed by atoms with Gasteiger partial charge in [0.25, 0.3) is 0 Å². The molecule has 0 amide bonds. The third-order valence-corrected chi connectivity index (χ3v) is 2.75. The van der Waals surface area contributed by atoms with Gasteiger partial charge in [-0.2, -0.15) is 5.26 Å².